The number of hydrogen-bond donors (Lipinski definition) is 1. The van der Waals surface area contributed by atoms with E-state index in [4.69, 9.17) is 5.11 Å². The van der Waals surface area contributed by atoms with Crippen molar-refractivity contribution in [1.29, 1.82) is 5.26 Å². The number of nitriles is 1. The van der Waals surface area contributed by atoms with E-state index in [1.54, 1.807) is 0 Å². The summed E-state index contributed by atoms with van der Waals surface area (Å²) < 4.78 is 0. The van der Waals surface area contributed by atoms with Crippen molar-refractivity contribution in [2.75, 3.05) is 38.2 Å². The van der Waals surface area contributed by atoms with Gasteiger partial charge >= 0.3 is 0 Å². The van der Waals surface area contributed by atoms with Gasteiger partial charge in [0.05, 0.1) is 5.69 Å². The third-order valence-electron chi connectivity index (χ3n) is 4.60. The second kappa shape index (κ2) is 7.52. The molecular weight excluding hydrogens is 278 g/mol. The predicted molar refractivity (Wildman–Crippen MR) is 85.8 cm³/mol. The highest BCUT2D eigenvalue weighted by Crippen LogP contribution is 2.25. The summed E-state index contributed by atoms with van der Waals surface area (Å²) in [6, 6.07) is 2.82. The Bertz CT molecular complexity index is 546. The van der Waals surface area contributed by atoms with Crippen LogP contribution in [0.15, 0.2) is 0 Å². The van der Waals surface area contributed by atoms with Crippen molar-refractivity contribution in [3.63, 3.8) is 0 Å². The minimum atomic E-state index is 0.243. The van der Waals surface area contributed by atoms with Crippen LogP contribution in [0.5, 0.6) is 0 Å². The summed E-state index contributed by atoms with van der Waals surface area (Å²) in [6.07, 6.45) is 2.90. The highest BCUT2D eigenvalue weighted by molar-refractivity contribution is 5.57. The van der Waals surface area contributed by atoms with Gasteiger partial charge in [-0.05, 0) is 45.7 Å². The van der Waals surface area contributed by atoms with Crippen molar-refractivity contribution >= 4 is 5.82 Å². The van der Waals surface area contributed by atoms with Gasteiger partial charge in [-0.2, -0.15) is 10.4 Å². The smallest absolute Gasteiger partial charge is 0.169 e. The molecule has 0 amide bonds. The number of piperidine rings is 1. The molecule has 1 aliphatic rings. The number of aliphatic hydroxyl groups excluding tert-OH is 1. The summed E-state index contributed by atoms with van der Waals surface area (Å²) in [5.41, 5.74) is 2.40. The van der Waals surface area contributed by atoms with E-state index >= 15 is 0 Å². The summed E-state index contributed by atoms with van der Waals surface area (Å²) in [5, 5.41) is 26.8. The lowest BCUT2D eigenvalue weighted by molar-refractivity contribution is 0.184. The average Bonchev–Trinajstić information content (AvgIpc) is 2.55. The third-order valence-corrected chi connectivity index (χ3v) is 4.60. The van der Waals surface area contributed by atoms with E-state index in [1.165, 1.54) is 0 Å². The first-order chi connectivity index (χ1) is 10.6. The molecule has 0 aliphatic carbocycles. The Kier molecular flexibility index (Phi) is 5.69. The Labute approximate surface area is 132 Å². The van der Waals surface area contributed by atoms with Crippen LogP contribution in [-0.4, -0.2) is 59.5 Å². The average molecular weight is 303 g/mol. The van der Waals surface area contributed by atoms with E-state index in [0.29, 0.717) is 11.6 Å². The Morgan fingerprint density at radius 3 is 2.59 bits per heavy atom. The molecule has 0 aromatic carbocycles. The normalized spacial score (nSPS) is 16.1. The Balaban J connectivity index is 2.03. The number of hydrogen-bond acceptors (Lipinski definition) is 6. The van der Waals surface area contributed by atoms with E-state index in [0.717, 1.165) is 56.0 Å². The molecule has 1 fully saturated rings. The van der Waals surface area contributed by atoms with Crippen LogP contribution in [0.4, 0.5) is 5.82 Å². The maximum absolute atomic E-state index is 9.42. The van der Waals surface area contributed by atoms with Gasteiger partial charge in [-0.3, -0.25) is 0 Å². The van der Waals surface area contributed by atoms with Gasteiger partial charge in [0.15, 0.2) is 5.82 Å². The maximum atomic E-state index is 9.42. The maximum Gasteiger partial charge on any atom is 0.169 e. The van der Waals surface area contributed by atoms with Crippen molar-refractivity contribution in [3.8, 4) is 6.07 Å². The van der Waals surface area contributed by atoms with Gasteiger partial charge in [-0.25, -0.2) is 0 Å². The zero-order valence-electron chi connectivity index (χ0n) is 13.7. The molecule has 1 aliphatic heterocycles. The zero-order valence-corrected chi connectivity index (χ0v) is 13.7. The molecule has 1 aromatic rings. The molecule has 6 heteroatoms. The van der Waals surface area contributed by atoms with Crippen molar-refractivity contribution in [2.24, 2.45) is 0 Å². The Morgan fingerprint density at radius 1 is 1.32 bits per heavy atom. The molecule has 0 atom stereocenters. The molecule has 2 heterocycles. The SMILES string of the molecule is Cc1nnc(N2CCC(N(C)CCCO)CC2)c(C#N)c1C. The summed E-state index contributed by atoms with van der Waals surface area (Å²) in [7, 11) is 2.12. The minimum Gasteiger partial charge on any atom is -0.396 e. The van der Waals surface area contributed by atoms with Crippen molar-refractivity contribution in [3.05, 3.63) is 16.8 Å². The van der Waals surface area contributed by atoms with Crippen LogP contribution in [0.1, 0.15) is 36.1 Å². The molecule has 1 aromatic heterocycles. The van der Waals surface area contributed by atoms with E-state index in [9.17, 15) is 5.26 Å². The van der Waals surface area contributed by atoms with Crippen molar-refractivity contribution < 1.29 is 5.11 Å². The van der Waals surface area contributed by atoms with Gasteiger partial charge in [0.2, 0.25) is 0 Å². The van der Waals surface area contributed by atoms with E-state index in [1.807, 2.05) is 13.8 Å². The van der Waals surface area contributed by atoms with Crippen LogP contribution in [0.25, 0.3) is 0 Å². The fraction of sp³-hybridized carbons (Fsp3) is 0.688. The monoisotopic (exact) mass is 303 g/mol. The first kappa shape index (κ1) is 16.7. The first-order valence-electron chi connectivity index (χ1n) is 7.88. The Morgan fingerprint density at radius 2 is 2.00 bits per heavy atom. The van der Waals surface area contributed by atoms with Crippen molar-refractivity contribution in [2.45, 2.75) is 39.2 Å². The lowest BCUT2D eigenvalue weighted by Crippen LogP contribution is -2.44. The molecule has 6 nitrogen and oxygen atoms in total. The number of aromatic nitrogens is 2. The lowest BCUT2D eigenvalue weighted by Gasteiger charge is -2.37. The van der Waals surface area contributed by atoms with E-state index < -0.39 is 0 Å². The van der Waals surface area contributed by atoms with Gasteiger partial charge in [0.1, 0.15) is 11.6 Å². The topological polar surface area (TPSA) is 76.3 Å². The predicted octanol–water partition coefficient (Wildman–Crippen LogP) is 1.25. The largest absolute Gasteiger partial charge is 0.396 e. The summed E-state index contributed by atoms with van der Waals surface area (Å²) in [4.78, 5) is 4.50. The van der Waals surface area contributed by atoms with Gasteiger partial charge < -0.3 is 14.9 Å². The Hall–Kier alpha value is -1.71. The van der Waals surface area contributed by atoms with Crippen LogP contribution >= 0.6 is 0 Å². The molecule has 2 rings (SSSR count). The molecule has 0 spiro atoms. The zero-order chi connectivity index (χ0) is 16.1. The van der Waals surface area contributed by atoms with E-state index in [-0.39, 0.29) is 6.61 Å². The first-order valence-corrected chi connectivity index (χ1v) is 7.88. The minimum absolute atomic E-state index is 0.243. The molecule has 1 saturated heterocycles. The van der Waals surface area contributed by atoms with Gasteiger partial charge in [0.25, 0.3) is 0 Å². The molecule has 120 valence electrons. The molecule has 0 saturated carbocycles. The van der Waals surface area contributed by atoms with Crippen LogP contribution in [-0.2, 0) is 0 Å². The van der Waals surface area contributed by atoms with Crippen LogP contribution in [0.3, 0.4) is 0 Å². The van der Waals surface area contributed by atoms with Gasteiger partial charge in [0, 0.05) is 32.3 Å². The number of aryl methyl sites for hydroxylation is 1. The number of rotatable bonds is 5. The summed E-state index contributed by atoms with van der Waals surface area (Å²) >= 11 is 0. The fourth-order valence-electron chi connectivity index (χ4n) is 2.97. The fourth-order valence-corrected chi connectivity index (χ4v) is 2.97. The van der Waals surface area contributed by atoms with Crippen LogP contribution < -0.4 is 4.90 Å². The van der Waals surface area contributed by atoms with E-state index in [2.05, 4.69) is 33.1 Å². The number of anilines is 1. The van der Waals surface area contributed by atoms with Crippen LogP contribution in [0.2, 0.25) is 0 Å². The summed E-state index contributed by atoms with van der Waals surface area (Å²) in [5.74, 6) is 0.724. The van der Waals surface area contributed by atoms with Crippen LogP contribution in [0, 0.1) is 25.2 Å². The van der Waals surface area contributed by atoms with Gasteiger partial charge in [-0.15, -0.1) is 5.10 Å². The lowest BCUT2D eigenvalue weighted by atomic mass is 10.0. The second-order valence-corrected chi connectivity index (χ2v) is 6.00. The number of aliphatic hydroxyl groups is 1. The van der Waals surface area contributed by atoms with Crippen molar-refractivity contribution in [1.82, 2.24) is 15.1 Å². The highest BCUT2D eigenvalue weighted by atomic mass is 16.3. The van der Waals surface area contributed by atoms with Gasteiger partial charge in [-0.1, -0.05) is 0 Å². The summed E-state index contributed by atoms with van der Waals surface area (Å²) in [6.45, 7) is 6.76. The molecule has 0 unspecified atom stereocenters. The third kappa shape index (κ3) is 3.54. The quantitative estimate of drug-likeness (QED) is 0.882. The molecule has 0 bridgehead atoms. The highest BCUT2D eigenvalue weighted by Gasteiger charge is 2.25. The standard InChI is InChI=1S/C16H25N5O/c1-12-13(2)18-19-16(15(12)11-17)21-8-5-14(6-9-21)20(3)7-4-10-22/h14,22H,4-10H2,1-3H3. The molecule has 1 N–H and O–H groups in total. The molecule has 0 radical (unpaired) electrons. The molecular formula is C16H25N5O. The second-order valence-electron chi connectivity index (χ2n) is 6.00. The number of nitrogens with zero attached hydrogens (tertiary/aromatic N) is 5. The molecule has 22 heavy (non-hydrogen) atoms.